The van der Waals surface area contributed by atoms with Crippen LogP contribution in [-0.2, 0) is 6.54 Å². The SMILES string of the molecule is CNCc1ccc(OC)c(OC)n1. The second-order valence-corrected chi connectivity index (χ2v) is 2.54. The van der Waals surface area contributed by atoms with Gasteiger partial charge in [-0.05, 0) is 19.2 Å². The van der Waals surface area contributed by atoms with E-state index in [1.165, 1.54) is 0 Å². The molecule has 0 fully saturated rings. The minimum Gasteiger partial charge on any atom is -0.491 e. The second-order valence-electron chi connectivity index (χ2n) is 2.54. The molecule has 1 N–H and O–H groups in total. The minimum absolute atomic E-state index is 0.523. The summed E-state index contributed by atoms with van der Waals surface area (Å²) < 4.78 is 10.1. The maximum absolute atomic E-state index is 5.06. The van der Waals surface area contributed by atoms with Crippen molar-refractivity contribution in [3.05, 3.63) is 17.8 Å². The van der Waals surface area contributed by atoms with Gasteiger partial charge in [0.2, 0.25) is 0 Å². The summed E-state index contributed by atoms with van der Waals surface area (Å²) in [5.74, 6) is 1.18. The molecule has 0 saturated heterocycles. The molecule has 0 bridgehead atoms. The van der Waals surface area contributed by atoms with Gasteiger partial charge in [-0.1, -0.05) is 0 Å². The molecule has 0 amide bonds. The van der Waals surface area contributed by atoms with E-state index in [4.69, 9.17) is 9.47 Å². The van der Waals surface area contributed by atoms with Crippen molar-refractivity contribution in [2.45, 2.75) is 6.54 Å². The van der Waals surface area contributed by atoms with Gasteiger partial charge in [-0.2, -0.15) is 0 Å². The lowest BCUT2D eigenvalue weighted by molar-refractivity contribution is 0.341. The fourth-order valence-electron chi connectivity index (χ4n) is 1.05. The van der Waals surface area contributed by atoms with Crippen LogP contribution >= 0.6 is 0 Å². The van der Waals surface area contributed by atoms with Crippen molar-refractivity contribution in [3.8, 4) is 11.6 Å². The van der Waals surface area contributed by atoms with Crippen LogP contribution in [0.25, 0.3) is 0 Å². The molecule has 1 aromatic rings. The molecule has 0 aromatic carbocycles. The number of hydrogen-bond donors (Lipinski definition) is 1. The van der Waals surface area contributed by atoms with E-state index in [1.807, 2.05) is 19.2 Å². The molecule has 0 unspecified atom stereocenters. The minimum atomic E-state index is 0.523. The van der Waals surface area contributed by atoms with E-state index in [0.29, 0.717) is 11.6 Å². The Morgan fingerprint density at radius 3 is 2.62 bits per heavy atom. The second kappa shape index (κ2) is 4.67. The average molecular weight is 182 g/mol. The molecule has 1 heterocycles. The number of nitrogens with zero attached hydrogens (tertiary/aromatic N) is 1. The van der Waals surface area contributed by atoms with E-state index in [-0.39, 0.29) is 0 Å². The van der Waals surface area contributed by atoms with E-state index in [0.717, 1.165) is 12.2 Å². The molecule has 0 atom stereocenters. The molecule has 0 saturated carbocycles. The Morgan fingerprint density at radius 1 is 1.31 bits per heavy atom. The zero-order valence-electron chi connectivity index (χ0n) is 8.13. The summed E-state index contributed by atoms with van der Waals surface area (Å²) >= 11 is 0. The summed E-state index contributed by atoms with van der Waals surface area (Å²) in [6.45, 7) is 0.723. The first kappa shape index (κ1) is 9.80. The van der Waals surface area contributed by atoms with Gasteiger partial charge in [0.25, 0.3) is 5.88 Å². The summed E-state index contributed by atoms with van der Waals surface area (Å²) in [7, 11) is 5.05. The van der Waals surface area contributed by atoms with Crippen molar-refractivity contribution in [2.75, 3.05) is 21.3 Å². The van der Waals surface area contributed by atoms with E-state index in [2.05, 4.69) is 10.3 Å². The number of ether oxygens (including phenoxy) is 2. The fourth-order valence-corrected chi connectivity index (χ4v) is 1.05. The van der Waals surface area contributed by atoms with Crippen LogP contribution < -0.4 is 14.8 Å². The van der Waals surface area contributed by atoms with Crippen LogP contribution in [0.5, 0.6) is 11.6 Å². The van der Waals surface area contributed by atoms with Crippen LogP contribution in [0.2, 0.25) is 0 Å². The lowest BCUT2D eigenvalue weighted by Gasteiger charge is -2.07. The molecule has 1 rings (SSSR count). The highest BCUT2D eigenvalue weighted by Crippen LogP contribution is 2.23. The summed E-state index contributed by atoms with van der Waals surface area (Å²) in [5.41, 5.74) is 0.931. The van der Waals surface area contributed by atoms with Crippen molar-refractivity contribution in [1.82, 2.24) is 10.3 Å². The van der Waals surface area contributed by atoms with Gasteiger partial charge in [0.05, 0.1) is 19.9 Å². The normalized spacial score (nSPS) is 9.77. The molecule has 4 heteroatoms. The molecule has 0 radical (unpaired) electrons. The summed E-state index contributed by atoms with van der Waals surface area (Å²) in [4.78, 5) is 4.24. The number of aromatic nitrogens is 1. The fraction of sp³-hybridized carbons (Fsp3) is 0.444. The van der Waals surface area contributed by atoms with Gasteiger partial charge in [0.15, 0.2) is 5.75 Å². The van der Waals surface area contributed by atoms with Gasteiger partial charge in [-0.25, -0.2) is 4.98 Å². The number of nitrogens with one attached hydrogen (secondary N) is 1. The van der Waals surface area contributed by atoms with Gasteiger partial charge >= 0.3 is 0 Å². The maximum Gasteiger partial charge on any atom is 0.257 e. The highest BCUT2D eigenvalue weighted by molar-refractivity contribution is 5.34. The molecule has 1 aromatic heterocycles. The predicted octanol–water partition coefficient (Wildman–Crippen LogP) is 0.818. The highest BCUT2D eigenvalue weighted by Gasteiger charge is 2.04. The molecular formula is C9H14N2O2. The molecule has 0 aliphatic heterocycles. The lowest BCUT2D eigenvalue weighted by atomic mass is 10.3. The van der Waals surface area contributed by atoms with Crippen LogP contribution in [0.15, 0.2) is 12.1 Å². The van der Waals surface area contributed by atoms with Crippen molar-refractivity contribution in [1.29, 1.82) is 0 Å². The van der Waals surface area contributed by atoms with Crippen LogP contribution in [-0.4, -0.2) is 26.3 Å². The molecule has 4 nitrogen and oxygen atoms in total. The Balaban J connectivity index is 2.91. The lowest BCUT2D eigenvalue weighted by Crippen LogP contribution is -2.07. The van der Waals surface area contributed by atoms with Crippen LogP contribution in [0.4, 0.5) is 0 Å². The molecule has 0 spiro atoms. The monoisotopic (exact) mass is 182 g/mol. The first-order chi connectivity index (χ1) is 6.31. The van der Waals surface area contributed by atoms with E-state index >= 15 is 0 Å². The smallest absolute Gasteiger partial charge is 0.257 e. The molecular weight excluding hydrogens is 168 g/mol. The van der Waals surface area contributed by atoms with Crippen molar-refractivity contribution in [3.63, 3.8) is 0 Å². The number of hydrogen-bond acceptors (Lipinski definition) is 4. The van der Waals surface area contributed by atoms with Crippen molar-refractivity contribution < 1.29 is 9.47 Å². The zero-order valence-corrected chi connectivity index (χ0v) is 8.13. The van der Waals surface area contributed by atoms with E-state index < -0.39 is 0 Å². The molecule has 13 heavy (non-hydrogen) atoms. The van der Waals surface area contributed by atoms with E-state index in [1.54, 1.807) is 14.2 Å². The van der Waals surface area contributed by atoms with Crippen LogP contribution in [0.3, 0.4) is 0 Å². The first-order valence-electron chi connectivity index (χ1n) is 4.04. The predicted molar refractivity (Wildman–Crippen MR) is 50.1 cm³/mol. The van der Waals surface area contributed by atoms with Gasteiger partial charge in [0.1, 0.15) is 0 Å². The topological polar surface area (TPSA) is 43.4 Å². The molecule has 0 aliphatic rings. The third-order valence-corrected chi connectivity index (χ3v) is 1.65. The Hall–Kier alpha value is -1.29. The zero-order chi connectivity index (χ0) is 9.68. The standard InChI is InChI=1S/C9H14N2O2/c1-10-6-7-4-5-8(12-2)9(11-7)13-3/h4-5,10H,6H2,1-3H3. The third kappa shape index (κ3) is 2.32. The van der Waals surface area contributed by atoms with Gasteiger partial charge in [-0.15, -0.1) is 0 Å². The number of rotatable bonds is 4. The first-order valence-corrected chi connectivity index (χ1v) is 4.04. The molecule has 72 valence electrons. The molecule has 0 aliphatic carbocycles. The summed E-state index contributed by atoms with van der Waals surface area (Å²) in [5, 5.41) is 3.01. The van der Waals surface area contributed by atoms with Crippen molar-refractivity contribution in [2.24, 2.45) is 0 Å². The van der Waals surface area contributed by atoms with Gasteiger partial charge in [0, 0.05) is 6.54 Å². The maximum atomic E-state index is 5.06. The van der Waals surface area contributed by atoms with Gasteiger partial charge in [-0.3, -0.25) is 0 Å². The average Bonchev–Trinajstić information content (AvgIpc) is 2.18. The summed E-state index contributed by atoms with van der Waals surface area (Å²) in [6, 6.07) is 3.75. The Morgan fingerprint density at radius 2 is 2.08 bits per heavy atom. The van der Waals surface area contributed by atoms with Crippen LogP contribution in [0, 0.1) is 0 Å². The number of methoxy groups -OCH3 is 2. The quantitative estimate of drug-likeness (QED) is 0.748. The largest absolute Gasteiger partial charge is 0.491 e. The Kier molecular flexibility index (Phi) is 3.52. The Bertz CT molecular complexity index is 276. The van der Waals surface area contributed by atoms with E-state index in [9.17, 15) is 0 Å². The highest BCUT2D eigenvalue weighted by atomic mass is 16.5. The number of pyridine rings is 1. The van der Waals surface area contributed by atoms with Gasteiger partial charge < -0.3 is 14.8 Å². The van der Waals surface area contributed by atoms with Crippen molar-refractivity contribution >= 4 is 0 Å². The van der Waals surface area contributed by atoms with Crippen LogP contribution in [0.1, 0.15) is 5.69 Å². The summed E-state index contributed by atoms with van der Waals surface area (Å²) in [6.07, 6.45) is 0. The Labute approximate surface area is 77.9 Å². The third-order valence-electron chi connectivity index (χ3n) is 1.65.